The minimum Gasteiger partial charge on any atom is -0.491 e. The van der Waals surface area contributed by atoms with Gasteiger partial charge in [0.2, 0.25) is 5.75 Å². The second kappa shape index (κ2) is 13.0. The molecule has 0 spiro atoms. The number of benzene rings is 1. The van der Waals surface area contributed by atoms with Crippen molar-refractivity contribution in [2.75, 3.05) is 19.8 Å². The van der Waals surface area contributed by atoms with Gasteiger partial charge < -0.3 is 19.2 Å². The maximum Gasteiger partial charge on any atom is 0.276 e. The molecule has 2 aliphatic rings. The van der Waals surface area contributed by atoms with Crippen LogP contribution in [0.4, 0.5) is 0 Å². The van der Waals surface area contributed by atoms with Gasteiger partial charge in [0.05, 0.1) is 13.2 Å². The summed E-state index contributed by atoms with van der Waals surface area (Å²) in [6.07, 6.45) is 8.42. The minimum absolute atomic E-state index is 0.0926. The fourth-order valence-corrected chi connectivity index (χ4v) is 6.63. The average Bonchev–Trinajstić information content (AvgIpc) is 3.64. The monoisotopic (exact) mass is 601 g/mol. The standard InChI is InChI=1S/C32H48ClN3O4Si/c1-7-8-20-39-28-27(30(38)36(25-15-16-25)19-21-40-41(5,6)31(2,3)4)34-26(35-29(28)37)22-32(17-9-10-18-32)23-11-13-24(33)14-12-23/h11-14,25H,7-10,15-22H2,1-6H3,(H,34,35,37). The lowest BCUT2D eigenvalue weighted by Gasteiger charge is -2.37. The lowest BCUT2D eigenvalue weighted by Crippen LogP contribution is -2.44. The van der Waals surface area contributed by atoms with Gasteiger partial charge in [0.1, 0.15) is 5.82 Å². The highest BCUT2D eigenvalue weighted by Gasteiger charge is 2.41. The first kappa shape index (κ1) is 31.8. The molecule has 1 heterocycles. The van der Waals surface area contributed by atoms with Gasteiger partial charge in [-0.1, -0.05) is 70.7 Å². The summed E-state index contributed by atoms with van der Waals surface area (Å²) >= 11 is 6.19. The van der Waals surface area contributed by atoms with Crippen LogP contribution in [-0.2, 0) is 16.3 Å². The molecule has 1 aromatic carbocycles. The molecule has 7 nitrogen and oxygen atoms in total. The molecule has 4 rings (SSSR count). The van der Waals surface area contributed by atoms with E-state index in [4.69, 9.17) is 25.7 Å². The van der Waals surface area contributed by atoms with Gasteiger partial charge in [0, 0.05) is 29.4 Å². The van der Waals surface area contributed by atoms with Gasteiger partial charge in [-0.2, -0.15) is 4.98 Å². The number of aromatic nitrogens is 2. The number of carbonyl (C=O) groups excluding carboxylic acids is 1. The zero-order valence-electron chi connectivity index (χ0n) is 25.8. The summed E-state index contributed by atoms with van der Waals surface area (Å²) < 4.78 is 12.4. The molecular weight excluding hydrogens is 554 g/mol. The van der Waals surface area contributed by atoms with Crippen LogP contribution in [0.1, 0.15) is 101 Å². The lowest BCUT2D eigenvalue weighted by molar-refractivity contribution is 0.0698. The van der Waals surface area contributed by atoms with E-state index in [0.717, 1.165) is 51.4 Å². The summed E-state index contributed by atoms with van der Waals surface area (Å²) in [6, 6.07) is 8.17. The fraction of sp³-hybridized carbons (Fsp3) is 0.656. The van der Waals surface area contributed by atoms with E-state index in [2.05, 4.69) is 57.9 Å². The van der Waals surface area contributed by atoms with Crippen LogP contribution in [0, 0.1) is 0 Å². The van der Waals surface area contributed by atoms with Gasteiger partial charge in [-0.15, -0.1) is 0 Å². The number of amides is 1. The number of rotatable bonds is 13. The number of unbranched alkanes of at least 4 members (excludes halogenated alkanes) is 1. The zero-order valence-corrected chi connectivity index (χ0v) is 27.5. The molecule has 2 aliphatic carbocycles. The summed E-state index contributed by atoms with van der Waals surface area (Å²) in [7, 11) is -1.95. The molecule has 0 atom stereocenters. The first-order chi connectivity index (χ1) is 19.4. The molecule has 0 radical (unpaired) electrons. The number of nitrogens with zero attached hydrogens (tertiary/aromatic N) is 3. The highest BCUT2D eigenvalue weighted by molar-refractivity contribution is 6.74. The zero-order chi connectivity index (χ0) is 29.8. The number of hydrogen-bond acceptors (Lipinski definition) is 6. The molecule has 2 fully saturated rings. The van der Waals surface area contributed by atoms with Crippen molar-refractivity contribution in [1.29, 1.82) is 0 Å². The molecule has 0 saturated heterocycles. The number of carbonyl (C=O) groups is 1. The third-order valence-electron chi connectivity index (χ3n) is 9.20. The molecule has 1 N–H and O–H groups in total. The number of aromatic hydroxyl groups is 1. The van der Waals surface area contributed by atoms with E-state index >= 15 is 0 Å². The van der Waals surface area contributed by atoms with Crippen molar-refractivity contribution in [1.82, 2.24) is 14.9 Å². The van der Waals surface area contributed by atoms with Crippen molar-refractivity contribution in [3.05, 3.63) is 46.4 Å². The van der Waals surface area contributed by atoms with Crippen LogP contribution in [0.25, 0.3) is 0 Å². The van der Waals surface area contributed by atoms with Crippen LogP contribution >= 0.6 is 11.6 Å². The SMILES string of the molecule is CCCCOc1c(O)nc(CC2(c3ccc(Cl)cc3)CCCC2)nc1C(=O)N(CCO[Si](C)(C)C(C)(C)C)C1CC1. The summed E-state index contributed by atoms with van der Waals surface area (Å²) in [4.78, 5) is 25.4. The average molecular weight is 602 g/mol. The predicted octanol–water partition coefficient (Wildman–Crippen LogP) is 7.70. The Morgan fingerprint density at radius 2 is 1.78 bits per heavy atom. The number of ether oxygens (including phenoxy) is 1. The Hall–Kier alpha value is -2.16. The van der Waals surface area contributed by atoms with Crippen LogP contribution in [-0.4, -0.2) is 60.0 Å². The van der Waals surface area contributed by atoms with Crippen LogP contribution in [0.3, 0.4) is 0 Å². The summed E-state index contributed by atoms with van der Waals surface area (Å²) in [5.74, 6) is 0.0877. The van der Waals surface area contributed by atoms with Crippen molar-refractivity contribution in [2.24, 2.45) is 0 Å². The molecule has 226 valence electrons. The van der Waals surface area contributed by atoms with Crippen molar-refractivity contribution in [2.45, 2.75) is 115 Å². The van der Waals surface area contributed by atoms with E-state index in [1.165, 1.54) is 5.56 Å². The van der Waals surface area contributed by atoms with Crippen molar-refractivity contribution in [3.8, 4) is 11.6 Å². The topological polar surface area (TPSA) is 84.8 Å². The van der Waals surface area contributed by atoms with Gasteiger partial charge in [0.15, 0.2) is 14.0 Å². The number of hydrogen-bond donors (Lipinski definition) is 1. The van der Waals surface area contributed by atoms with E-state index in [9.17, 15) is 9.90 Å². The maximum absolute atomic E-state index is 14.1. The third-order valence-corrected chi connectivity index (χ3v) is 14.0. The van der Waals surface area contributed by atoms with Crippen LogP contribution < -0.4 is 4.74 Å². The molecule has 2 aromatic rings. The molecule has 0 aliphatic heterocycles. The second-order valence-electron chi connectivity index (χ2n) is 13.4. The molecule has 1 amide bonds. The first-order valence-corrected chi connectivity index (χ1v) is 18.6. The molecule has 0 unspecified atom stereocenters. The van der Waals surface area contributed by atoms with Gasteiger partial charge in [-0.25, -0.2) is 4.98 Å². The van der Waals surface area contributed by atoms with Crippen LogP contribution in [0.2, 0.25) is 23.2 Å². The Bertz CT molecular complexity index is 1190. The van der Waals surface area contributed by atoms with E-state index in [0.29, 0.717) is 37.0 Å². The lowest BCUT2D eigenvalue weighted by atomic mass is 9.76. The summed E-state index contributed by atoms with van der Waals surface area (Å²) in [6.45, 7) is 14.5. The van der Waals surface area contributed by atoms with Crippen molar-refractivity contribution < 1.29 is 19.1 Å². The molecule has 0 bridgehead atoms. The highest BCUT2D eigenvalue weighted by Crippen LogP contribution is 2.44. The Labute approximate surface area is 252 Å². The van der Waals surface area contributed by atoms with Crippen LogP contribution in [0.15, 0.2) is 24.3 Å². The first-order valence-electron chi connectivity index (χ1n) is 15.3. The van der Waals surface area contributed by atoms with E-state index in [1.807, 2.05) is 17.0 Å². The Kier molecular flexibility index (Phi) is 10.1. The van der Waals surface area contributed by atoms with Crippen LogP contribution in [0.5, 0.6) is 11.6 Å². The molecular formula is C32H48ClN3O4Si. The quantitative estimate of drug-likeness (QED) is 0.187. The molecule has 1 aromatic heterocycles. The van der Waals surface area contributed by atoms with Gasteiger partial charge in [-0.05, 0) is 67.9 Å². The smallest absolute Gasteiger partial charge is 0.276 e. The summed E-state index contributed by atoms with van der Waals surface area (Å²) in [5.41, 5.74) is 1.20. The number of halogens is 1. The Morgan fingerprint density at radius 1 is 1.12 bits per heavy atom. The van der Waals surface area contributed by atoms with Gasteiger partial charge >= 0.3 is 0 Å². The third kappa shape index (κ3) is 7.62. The second-order valence-corrected chi connectivity index (χ2v) is 18.6. The normalized spacial score (nSPS) is 17.0. The maximum atomic E-state index is 14.1. The van der Waals surface area contributed by atoms with Gasteiger partial charge in [-0.3, -0.25) is 4.79 Å². The highest BCUT2D eigenvalue weighted by atomic mass is 35.5. The van der Waals surface area contributed by atoms with Crippen molar-refractivity contribution >= 4 is 25.8 Å². The minimum atomic E-state index is -1.95. The largest absolute Gasteiger partial charge is 0.491 e. The fourth-order valence-electron chi connectivity index (χ4n) is 5.47. The Balaban J connectivity index is 1.63. The summed E-state index contributed by atoms with van der Waals surface area (Å²) in [5, 5.41) is 11.9. The van der Waals surface area contributed by atoms with Gasteiger partial charge in [0.25, 0.3) is 11.8 Å². The van der Waals surface area contributed by atoms with E-state index in [1.54, 1.807) is 0 Å². The van der Waals surface area contributed by atoms with E-state index in [-0.39, 0.29) is 39.7 Å². The molecule has 2 saturated carbocycles. The Morgan fingerprint density at radius 3 is 2.37 bits per heavy atom. The van der Waals surface area contributed by atoms with E-state index < -0.39 is 8.32 Å². The predicted molar refractivity (Wildman–Crippen MR) is 167 cm³/mol. The molecule has 41 heavy (non-hydrogen) atoms. The molecule has 9 heteroatoms. The van der Waals surface area contributed by atoms with Crippen molar-refractivity contribution in [3.63, 3.8) is 0 Å².